The number of aromatic nitrogens is 4. The summed E-state index contributed by atoms with van der Waals surface area (Å²) < 4.78 is 9.69. The number of alkyl carbamates (subject to hydrolysis) is 2. The summed E-state index contributed by atoms with van der Waals surface area (Å²) in [7, 11) is 2.61. The number of methoxy groups -OCH3 is 2. The van der Waals surface area contributed by atoms with E-state index in [9.17, 15) is 19.2 Å². The van der Waals surface area contributed by atoms with Crippen molar-refractivity contribution in [2.45, 2.75) is 129 Å². The number of amides is 4. The van der Waals surface area contributed by atoms with E-state index < -0.39 is 24.3 Å². The van der Waals surface area contributed by atoms with Crippen molar-refractivity contribution in [3.63, 3.8) is 0 Å². The van der Waals surface area contributed by atoms with E-state index in [0.717, 1.165) is 102 Å². The second-order valence-corrected chi connectivity index (χ2v) is 18.0. The Kier molecular flexibility index (Phi) is 12.0. The van der Waals surface area contributed by atoms with Crippen molar-refractivity contribution in [1.29, 1.82) is 0 Å². The summed E-state index contributed by atoms with van der Waals surface area (Å²) >= 11 is 0. The average molecular weight is 845 g/mol. The number of H-pyrrole nitrogens is 2. The summed E-state index contributed by atoms with van der Waals surface area (Å²) in [5, 5.41) is 7.64. The molecular formula is C48H60N8O6. The number of ether oxygens (including phenoxy) is 2. The molecule has 3 aliphatic rings. The number of benzene rings is 3. The highest BCUT2D eigenvalue weighted by Gasteiger charge is 2.43. The molecule has 0 radical (unpaired) electrons. The van der Waals surface area contributed by atoms with Gasteiger partial charge >= 0.3 is 12.2 Å². The standard InChI is InChI=1S/C48H60N8O6/c1-9-30-16-22-38(56(30)46(58)41(26(4)5)54-48(60)62-8)43-49-24-37(51-43)35-19-18-31(33-11-10-12-34(33)35)28-14-17-32-29(23-28)15-20-36-42(32)52-44(50-36)39-21-13-27(6)55(39)45(57)40(25(2)3)53-47(59)61-7/h14-15,17-20,23-27,30,38-41H,9-13,16,21-22H2,1-8H3,(H,49,51)(H,50,52)(H,53,59)(H,54,60)/t27-,30-,38-,39-,40-,41?/m0/s1. The number of nitrogens with zero attached hydrogens (tertiary/aromatic N) is 4. The number of rotatable bonds is 11. The van der Waals surface area contributed by atoms with Crippen molar-refractivity contribution in [3.05, 3.63) is 71.4 Å². The fourth-order valence-corrected chi connectivity index (χ4v) is 10.2. The molecule has 328 valence electrons. The molecule has 4 N–H and O–H groups in total. The van der Waals surface area contributed by atoms with Gasteiger partial charge in [-0.15, -0.1) is 0 Å². The van der Waals surface area contributed by atoms with Crippen LogP contribution in [-0.4, -0.2) is 92.1 Å². The highest BCUT2D eigenvalue weighted by Crippen LogP contribution is 2.43. The Hall–Kier alpha value is -5.92. The fraction of sp³-hybridized carbons (Fsp3) is 0.500. The lowest BCUT2D eigenvalue weighted by molar-refractivity contribution is -0.138. The smallest absolute Gasteiger partial charge is 0.407 e. The van der Waals surface area contributed by atoms with Crippen LogP contribution in [0, 0.1) is 11.8 Å². The third kappa shape index (κ3) is 7.77. The molecule has 2 aromatic heterocycles. The molecule has 1 aliphatic carbocycles. The maximum atomic E-state index is 14.1. The molecule has 4 amide bonds. The second-order valence-electron chi connectivity index (χ2n) is 18.0. The van der Waals surface area contributed by atoms with E-state index in [1.165, 1.54) is 30.9 Å². The number of carbonyl (C=O) groups is 4. The number of hydrogen-bond acceptors (Lipinski definition) is 8. The van der Waals surface area contributed by atoms with E-state index >= 15 is 0 Å². The van der Waals surface area contributed by atoms with Crippen LogP contribution in [-0.2, 0) is 31.9 Å². The molecule has 2 saturated heterocycles. The second kappa shape index (κ2) is 17.5. The highest BCUT2D eigenvalue weighted by atomic mass is 16.5. The van der Waals surface area contributed by atoms with Gasteiger partial charge in [0.1, 0.15) is 23.7 Å². The Morgan fingerprint density at radius 2 is 1.40 bits per heavy atom. The van der Waals surface area contributed by atoms with Gasteiger partial charge in [-0.25, -0.2) is 19.6 Å². The molecule has 0 spiro atoms. The summed E-state index contributed by atoms with van der Waals surface area (Å²) in [6.45, 7) is 11.8. The first kappa shape index (κ1) is 42.8. The molecule has 62 heavy (non-hydrogen) atoms. The summed E-state index contributed by atoms with van der Waals surface area (Å²) in [6, 6.07) is 13.4. The molecule has 6 atom stereocenters. The predicted molar refractivity (Wildman–Crippen MR) is 238 cm³/mol. The van der Waals surface area contributed by atoms with Crippen molar-refractivity contribution in [3.8, 4) is 22.4 Å². The van der Waals surface area contributed by atoms with Gasteiger partial charge in [0.15, 0.2) is 0 Å². The predicted octanol–water partition coefficient (Wildman–Crippen LogP) is 8.52. The molecule has 0 bridgehead atoms. The van der Waals surface area contributed by atoms with Gasteiger partial charge in [-0.1, -0.05) is 65.0 Å². The van der Waals surface area contributed by atoms with Crippen LogP contribution in [0.25, 0.3) is 44.2 Å². The zero-order valence-corrected chi connectivity index (χ0v) is 37.1. The van der Waals surface area contributed by atoms with Gasteiger partial charge in [0.25, 0.3) is 0 Å². The monoisotopic (exact) mass is 844 g/mol. The molecule has 1 unspecified atom stereocenters. The summed E-state index contributed by atoms with van der Waals surface area (Å²) in [5.74, 6) is 1.03. The van der Waals surface area contributed by atoms with Crippen LogP contribution >= 0.6 is 0 Å². The van der Waals surface area contributed by atoms with E-state index in [0.29, 0.717) is 0 Å². The maximum Gasteiger partial charge on any atom is 0.407 e. The lowest BCUT2D eigenvalue weighted by Gasteiger charge is -2.34. The molecular weight excluding hydrogens is 785 g/mol. The van der Waals surface area contributed by atoms with Gasteiger partial charge in [-0.05, 0) is 110 Å². The number of likely N-dealkylation sites (tertiary alicyclic amines) is 2. The summed E-state index contributed by atoms with van der Waals surface area (Å²) in [5.41, 5.74) is 8.89. The minimum Gasteiger partial charge on any atom is -0.453 e. The van der Waals surface area contributed by atoms with E-state index in [4.69, 9.17) is 19.4 Å². The van der Waals surface area contributed by atoms with Crippen LogP contribution in [0.3, 0.4) is 0 Å². The first-order chi connectivity index (χ1) is 29.8. The van der Waals surface area contributed by atoms with E-state index in [2.05, 4.69) is 76.9 Å². The number of nitrogens with one attached hydrogen (secondary N) is 4. The summed E-state index contributed by atoms with van der Waals surface area (Å²) in [4.78, 5) is 73.5. The zero-order valence-electron chi connectivity index (χ0n) is 37.1. The Labute approximate surface area is 362 Å². The van der Waals surface area contributed by atoms with Gasteiger partial charge < -0.3 is 39.9 Å². The minimum atomic E-state index is -0.711. The van der Waals surface area contributed by atoms with Gasteiger partial charge in [0.2, 0.25) is 11.8 Å². The van der Waals surface area contributed by atoms with Crippen molar-refractivity contribution >= 4 is 45.8 Å². The van der Waals surface area contributed by atoms with E-state index in [1.54, 1.807) is 0 Å². The first-order valence-electron chi connectivity index (χ1n) is 22.3. The molecule has 8 rings (SSSR count). The van der Waals surface area contributed by atoms with E-state index in [1.807, 2.05) is 43.7 Å². The third-order valence-electron chi connectivity index (χ3n) is 13.5. The number of imidazole rings is 2. The van der Waals surface area contributed by atoms with Crippen LogP contribution in [0.4, 0.5) is 9.59 Å². The van der Waals surface area contributed by atoms with Gasteiger partial charge in [0, 0.05) is 23.0 Å². The molecule has 0 saturated carbocycles. The SMILES string of the molecule is CC[C@H]1CC[C@@H](c2ncc(-c3ccc(-c4ccc5c(ccc6[nH]c([C@@H]7CC[C@H](C)N7C(=O)[C@@H](NC(=O)OC)C(C)C)nc65)c4)c4c3CCC4)[nH]2)N1C(=O)C(NC(=O)OC)C(C)C. The van der Waals surface area contributed by atoms with Crippen molar-refractivity contribution in [2.24, 2.45) is 11.8 Å². The quantitative estimate of drug-likeness (QED) is 0.102. The maximum absolute atomic E-state index is 14.1. The molecule has 2 aliphatic heterocycles. The van der Waals surface area contributed by atoms with Gasteiger partial charge in [-0.2, -0.15) is 0 Å². The van der Waals surface area contributed by atoms with Crippen molar-refractivity contribution < 1.29 is 28.7 Å². The summed E-state index contributed by atoms with van der Waals surface area (Å²) in [6.07, 6.45) is 7.75. The molecule has 5 aromatic rings. The molecule has 4 heterocycles. The van der Waals surface area contributed by atoms with Crippen LogP contribution in [0.1, 0.15) is 115 Å². The van der Waals surface area contributed by atoms with Gasteiger partial charge in [0.05, 0.1) is 49.2 Å². The topological polar surface area (TPSA) is 175 Å². The number of hydrogen-bond donors (Lipinski definition) is 4. The molecule has 3 aromatic carbocycles. The Morgan fingerprint density at radius 3 is 2.06 bits per heavy atom. The Bertz CT molecular complexity index is 2510. The highest BCUT2D eigenvalue weighted by molar-refractivity contribution is 6.05. The molecule has 14 nitrogen and oxygen atoms in total. The fourth-order valence-electron chi connectivity index (χ4n) is 10.2. The Morgan fingerprint density at radius 1 is 0.774 bits per heavy atom. The largest absolute Gasteiger partial charge is 0.453 e. The third-order valence-corrected chi connectivity index (χ3v) is 13.5. The molecule has 14 heteroatoms. The first-order valence-corrected chi connectivity index (χ1v) is 22.3. The van der Waals surface area contributed by atoms with Crippen LogP contribution in [0.15, 0.2) is 48.7 Å². The lowest BCUT2D eigenvalue weighted by atomic mass is 9.91. The number of aromatic amines is 2. The van der Waals surface area contributed by atoms with Crippen LogP contribution in [0.5, 0.6) is 0 Å². The Balaban J connectivity index is 1.06. The normalized spacial score (nSPS) is 20.9. The van der Waals surface area contributed by atoms with Crippen molar-refractivity contribution in [1.82, 2.24) is 40.4 Å². The van der Waals surface area contributed by atoms with E-state index in [-0.39, 0.29) is 47.8 Å². The van der Waals surface area contributed by atoms with Crippen LogP contribution < -0.4 is 10.6 Å². The zero-order chi connectivity index (χ0) is 44.0. The molecule has 2 fully saturated rings. The lowest BCUT2D eigenvalue weighted by Crippen LogP contribution is -2.53. The van der Waals surface area contributed by atoms with Crippen molar-refractivity contribution in [2.75, 3.05) is 14.2 Å². The average Bonchev–Trinajstić information content (AvgIpc) is 4.12. The minimum absolute atomic E-state index is 0.00752. The number of fused-ring (bicyclic) bond motifs is 4. The number of carbonyl (C=O) groups excluding carboxylic acids is 4. The van der Waals surface area contributed by atoms with Crippen LogP contribution in [0.2, 0.25) is 0 Å². The van der Waals surface area contributed by atoms with Gasteiger partial charge in [-0.3, -0.25) is 9.59 Å².